The molecule has 1 aliphatic rings. The van der Waals surface area contributed by atoms with Crippen molar-refractivity contribution in [2.24, 2.45) is 4.99 Å². The van der Waals surface area contributed by atoms with Crippen LogP contribution >= 0.6 is 23.2 Å². The van der Waals surface area contributed by atoms with E-state index in [0.29, 0.717) is 16.1 Å². The molecule has 0 aliphatic carbocycles. The second-order valence-corrected chi connectivity index (χ2v) is 5.37. The summed E-state index contributed by atoms with van der Waals surface area (Å²) >= 11 is 11.7. The number of hydrogen-bond donors (Lipinski definition) is 1. The van der Waals surface area contributed by atoms with Gasteiger partial charge in [0, 0.05) is 16.1 Å². The van der Waals surface area contributed by atoms with E-state index in [1.54, 1.807) is 12.1 Å². The van der Waals surface area contributed by atoms with E-state index in [1.807, 2.05) is 18.2 Å². The van der Waals surface area contributed by atoms with Crippen molar-refractivity contribution in [2.75, 3.05) is 0 Å². The van der Waals surface area contributed by atoms with E-state index in [-0.39, 0.29) is 22.4 Å². The average molecular weight is 334 g/mol. The highest BCUT2D eigenvalue weighted by Crippen LogP contribution is 2.33. The molecule has 2 aromatic rings. The predicted molar refractivity (Wildman–Crippen MR) is 85.2 cm³/mol. The van der Waals surface area contributed by atoms with Crippen LogP contribution in [0.1, 0.15) is 11.1 Å². The molecule has 0 amide bonds. The Kier molecular flexibility index (Phi) is 3.88. The number of phenolic OH excluding ortho intramolecular Hbond substituents is 1. The minimum atomic E-state index is -0.602. The van der Waals surface area contributed by atoms with Crippen molar-refractivity contribution < 1.29 is 14.6 Å². The van der Waals surface area contributed by atoms with E-state index in [2.05, 4.69) is 4.99 Å². The van der Waals surface area contributed by atoms with Gasteiger partial charge < -0.3 is 9.84 Å². The van der Waals surface area contributed by atoms with E-state index >= 15 is 0 Å². The number of phenols is 1. The van der Waals surface area contributed by atoms with Gasteiger partial charge in [0.05, 0.1) is 5.02 Å². The minimum Gasteiger partial charge on any atom is -0.506 e. The van der Waals surface area contributed by atoms with E-state index in [4.69, 9.17) is 27.9 Å². The van der Waals surface area contributed by atoms with E-state index in [1.165, 1.54) is 18.2 Å². The van der Waals surface area contributed by atoms with Gasteiger partial charge in [-0.15, -0.1) is 0 Å². The first-order chi connectivity index (χ1) is 10.5. The molecular formula is C16H9Cl2NO3. The molecule has 1 N–H and O–H groups in total. The van der Waals surface area contributed by atoms with E-state index in [0.717, 1.165) is 0 Å². The smallest absolute Gasteiger partial charge is 0.363 e. The highest BCUT2D eigenvalue weighted by atomic mass is 35.5. The molecule has 0 atom stereocenters. The summed E-state index contributed by atoms with van der Waals surface area (Å²) in [4.78, 5) is 16.0. The Morgan fingerprint density at radius 1 is 1.14 bits per heavy atom. The lowest BCUT2D eigenvalue weighted by atomic mass is 10.1. The maximum Gasteiger partial charge on any atom is 0.363 e. The molecule has 0 bridgehead atoms. The van der Waals surface area contributed by atoms with Gasteiger partial charge in [0.2, 0.25) is 5.90 Å². The Balaban J connectivity index is 2.02. The van der Waals surface area contributed by atoms with E-state index < -0.39 is 5.97 Å². The van der Waals surface area contributed by atoms with Crippen LogP contribution in [0.25, 0.3) is 6.08 Å². The van der Waals surface area contributed by atoms with Gasteiger partial charge in [-0.2, -0.15) is 0 Å². The van der Waals surface area contributed by atoms with Crippen LogP contribution in [0, 0.1) is 0 Å². The van der Waals surface area contributed by atoms with Gasteiger partial charge in [-0.25, -0.2) is 9.79 Å². The zero-order valence-corrected chi connectivity index (χ0v) is 12.6. The number of aromatic hydroxyl groups is 1. The largest absolute Gasteiger partial charge is 0.506 e. The third-order valence-corrected chi connectivity index (χ3v) is 3.50. The zero-order chi connectivity index (χ0) is 15.7. The maximum absolute atomic E-state index is 11.9. The molecule has 110 valence electrons. The summed E-state index contributed by atoms with van der Waals surface area (Å²) in [6, 6.07) is 11.9. The van der Waals surface area contributed by atoms with Crippen LogP contribution in [0.4, 0.5) is 0 Å². The van der Waals surface area contributed by atoms with Crippen molar-refractivity contribution in [3.63, 3.8) is 0 Å². The maximum atomic E-state index is 11.9. The molecule has 6 heteroatoms. The zero-order valence-electron chi connectivity index (χ0n) is 11.1. The van der Waals surface area contributed by atoms with E-state index in [9.17, 15) is 9.90 Å². The molecule has 4 nitrogen and oxygen atoms in total. The van der Waals surface area contributed by atoms with Gasteiger partial charge >= 0.3 is 5.97 Å². The van der Waals surface area contributed by atoms with Crippen molar-refractivity contribution in [1.82, 2.24) is 0 Å². The van der Waals surface area contributed by atoms with Crippen LogP contribution in [-0.4, -0.2) is 17.0 Å². The summed E-state index contributed by atoms with van der Waals surface area (Å²) in [7, 11) is 0. The third kappa shape index (κ3) is 2.84. The molecule has 0 saturated heterocycles. The summed E-state index contributed by atoms with van der Waals surface area (Å²) < 4.78 is 5.13. The number of benzene rings is 2. The number of carbonyl (C=O) groups excluding carboxylic acids is 1. The predicted octanol–water partition coefficient (Wildman–Crippen LogP) is 4.04. The molecule has 22 heavy (non-hydrogen) atoms. The fourth-order valence-corrected chi connectivity index (χ4v) is 2.47. The second-order valence-electron chi connectivity index (χ2n) is 4.53. The molecule has 0 unspecified atom stereocenters. The second kappa shape index (κ2) is 5.83. The van der Waals surface area contributed by atoms with Crippen molar-refractivity contribution in [2.45, 2.75) is 0 Å². The fourth-order valence-electron chi connectivity index (χ4n) is 1.96. The molecule has 2 aromatic carbocycles. The number of esters is 1. The molecule has 1 heterocycles. The normalized spacial score (nSPS) is 15.8. The minimum absolute atomic E-state index is 0.0625. The van der Waals surface area contributed by atoms with Gasteiger partial charge in [0.15, 0.2) is 5.70 Å². The highest BCUT2D eigenvalue weighted by Gasteiger charge is 2.24. The molecule has 3 rings (SSSR count). The van der Waals surface area contributed by atoms with Gasteiger partial charge in [-0.05, 0) is 30.3 Å². The van der Waals surface area contributed by atoms with Crippen molar-refractivity contribution in [3.05, 3.63) is 69.3 Å². The monoisotopic (exact) mass is 333 g/mol. The Labute approximate surface area is 136 Å². The molecule has 0 fully saturated rings. The fraction of sp³-hybridized carbons (Fsp3) is 0. The first-order valence-corrected chi connectivity index (χ1v) is 7.06. The average Bonchev–Trinajstić information content (AvgIpc) is 2.86. The van der Waals surface area contributed by atoms with Crippen LogP contribution in [0.15, 0.2) is 53.2 Å². The lowest BCUT2D eigenvalue weighted by molar-refractivity contribution is -0.129. The highest BCUT2D eigenvalue weighted by molar-refractivity contribution is 6.36. The number of nitrogens with zero attached hydrogens (tertiary/aromatic N) is 1. The van der Waals surface area contributed by atoms with Crippen LogP contribution < -0.4 is 0 Å². The summed E-state index contributed by atoms with van der Waals surface area (Å²) in [5.41, 5.74) is 1.04. The number of hydrogen-bond acceptors (Lipinski definition) is 4. The quantitative estimate of drug-likeness (QED) is 0.666. The van der Waals surface area contributed by atoms with Crippen LogP contribution in [0.2, 0.25) is 10.0 Å². The van der Waals surface area contributed by atoms with Gasteiger partial charge in [0.25, 0.3) is 0 Å². The number of carbonyl (C=O) groups is 1. The number of halogens is 2. The Morgan fingerprint density at radius 3 is 2.59 bits per heavy atom. The molecule has 0 radical (unpaired) electrons. The number of rotatable bonds is 2. The molecule has 0 aromatic heterocycles. The molecular weight excluding hydrogens is 325 g/mol. The first-order valence-electron chi connectivity index (χ1n) is 6.30. The number of ether oxygens (including phenoxy) is 1. The third-order valence-electron chi connectivity index (χ3n) is 2.99. The topological polar surface area (TPSA) is 58.9 Å². The number of cyclic esters (lactones) is 1. The van der Waals surface area contributed by atoms with Gasteiger partial charge in [-0.3, -0.25) is 0 Å². The van der Waals surface area contributed by atoms with Crippen molar-refractivity contribution in [1.29, 1.82) is 0 Å². The van der Waals surface area contributed by atoms with Crippen LogP contribution in [0.5, 0.6) is 5.75 Å². The lowest BCUT2D eigenvalue weighted by Gasteiger charge is -2.02. The van der Waals surface area contributed by atoms with Crippen molar-refractivity contribution >= 4 is 41.1 Å². The SMILES string of the molecule is O=C1OC(c2ccccc2)=NC1=Cc1cc(Cl)cc(Cl)c1O. The standard InChI is InChI=1S/C16H9Cl2NO3/c17-11-6-10(14(20)12(18)8-11)7-13-16(21)22-15(19-13)9-4-2-1-3-5-9/h1-8,20H. The van der Waals surface area contributed by atoms with Crippen LogP contribution in [0.3, 0.4) is 0 Å². The molecule has 0 spiro atoms. The Hall–Kier alpha value is -2.30. The van der Waals surface area contributed by atoms with Gasteiger partial charge in [0.1, 0.15) is 5.75 Å². The van der Waals surface area contributed by atoms with Crippen LogP contribution in [-0.2, 0) is 9.53 Å². The Morgan fingerprint density at radius 2 is 1.86 bits per heavy atom. The molecule has 1 aliphatic heterocycles. The Bertz CT molecular complexity index is 814. The summed E-state index contributed by atoms with van der Waals surface area (Å²) in [5, 5.41) is 10.4. The molecule has 0 saturated carbocycles. The van der Waals surface area contributed by atoms with Gasteiger partial charge in [-0.1, -0.05) is 41.4 Å². The van der Waals surface area contributed by atoms with Crippen molar-refractivity contribution in [3.8, 4) is 5.75 Å². The first kappa shape index (κ1) is 14.6. The summed E-state index contributed by atoms with van der Waals surface area (Å²) in [6.45, 7) is 0. The number of aliphatic imine (C=N–C) groups is 1. The summed E-state index contributed by atoms with van der Waals surface area (Å²) in [6.07, 6.45) is 1.38. The lowest BCUT2D eigenvalue weighted by Crippen LogP contribution is -2.04. The summed E-state index contributed by atoms with van der Waals surface area (Å²) in [5.74, 6) is -0.562.